The van der Waals surface area contributed by atoms with Crippen molar-refractivity contribution >= 4 is 37.3 Å². The molecule has 140 valence electrons. The molecule has 0 radical (unpaired) electrons. The normalized spacial score (nSPS) is 13.6. The molecule has 26 heavy (non-hydrogen) atoms. The Hall–Kier alpha value is -1.73. The number of benzene rings is 2. The average molecular weight is 439 g/mol. The SMILES string of the molecule is CCCCOc1ccc(NS(=O)(=O)c2cc(Br)cc3c2NCCC3)cc1. The molecule has 5 nitrogen and oxygen atoms in total. The number of sulfonamides is 1. The minimum Gasteiger partial charge on any atom is -0.494 e. The van der Waals surface area contributed by atoms with Crippen LogP contribution in [0.25, 0.3) is 0 Å². The van der Waals surface area contributed by atoms with Crippen molar-refractivity contribution in [1.82, 2.24) is 0 Å². The van der Waals surface area contributed by atoms with Crippen LogP contribution in [0, 0.1) is 0 Å². The van der Waals surface area contributed by atoms with Gasteiger partial charge in [-0.3, -0.25) is 4.72 Å². The summed E-state index contributed by atoms with van der Waals surface area (Å²) >= 11 is 3.42. The molecule has 2 N–H and O–H groups in total. The number of fused-ring (bicyclic) bond motifs is 1. The van der Waals surface area contributed by atoms with Crippen molar-refractivity contribution in [3.8, 4) is 5.75 Å². The highest BCUT2D eigenvalue weighted by Gasteiger charge is 2.23. The van der Waals surface area contributed by atoms with E-state index in [1.807, 2.05) is 6.07 Å². The topological polar surface area (TPSA) is 67.4 Å². The molecule has 3 rings (SSSR count). The molecule has 0 spiro atoms. The number of anilines is 2. The lowest BCUT2D eigenvalue weighted by Crippen LogP contribution is -2.19. The van der Waals surface area contributed by atoms with Gasteiger partial charge in [-0.15, -0.1) is 0 Å². The number of rotatable bonds is 7. The van der Waals surface area contributed by atoms with Gasteiger partial charge in [0.1, 0.15) is 10.6 Å². The van der Waals surface area contributed by atoms with Gasteiger partial charge in [0.25, 0.3) is 10.0 Å². The van der Waals surface area contributed by atoms with Crippen molar-refractivity contribution in [3.63, 3.8) is 0 Å². The lowest BCUT2D eigenvalue weighted by atomic mass is 10.0. The van der Waals surface area contributed by atoms with E-state index < -0.39 is 10.0 Å². The van der Waals surface area contributed by atoms with E-state index in [0.29, 0.717) is 18.0 Å². The standard InChI is InChI=1S/C19H23BrN2O3S/c1-2-3-11-25-17-8-6-16(7-9-17)22-26(23,24)18-13-15(20)12-14-5-4-10-21-19(14)18/h6-9,12-13,21-22H,2-5,10-11H2,1H3. The van der Waals surface area contributed by atoms with E-state index in [1.54, 1.807) is 30.3 Å². The zero-order chi connectivity index (χ0) is 18.6. The van der Waals surface area contributed by atoms with Crippen LogP contribution in [0.2, 0.25) is 0 Å². The molecule has 7 heteroatoms. The number of halogens is 1. The molecule has 0 aliphatic carbocycles. The number of hydrogen-bond acceptors (Lipinski definition) is 4. The summed E-state index contributed by atoms with van der Waals surface area (Å²) in [6.45, 7) is 3.55. The first-order valence-electron chi connectivity index (χ1n) is 8.81. The quantitative estimate of drug-likeness (QED) is 0.609. The van der Waals surface area contributed by atoms with Crippen molar-refractivity contribution in [1.29, 1.82) is 0 Å². The maximum Gasteiger partial charge on any atom is 0.264 e. The molecule has 0 unspecified atom stereocenters. The van der Waals surface area contributed by atoms with Gasteiger partial charge in [0.2, 0.25) is 0 Å². The molecule has 0 saturated heterocycles. The summed E-state index contributed by atoms with van der Waals surface area (Å²) in [5.41, 5.74) is 2.23. The van der Waals surface area contributed by atoms with Gasteiger partial charge in [0.05, 0.1) is 12.3 Å². The highest BCUT2D eigenvalue weighted by Crippen LogP contribution is 2.34. The number of aryl methyl sites for hydroxylation is 1. The molecule has 0 saturated carbocycles. The average Bonchev–Trinajstić information content (AvgIpc) is 2.62. The molecule has 0 amide bonds. The Morgan fingerprint density at radius 1 is 1.23 bits per heavy atom. The van der Waals surface area contributed by atoms with E-state index in [2.05, 4.69) is 32.9 Å². The lowest BCUT2D eigenvalue weighted by molar-refractivity contribution is 0.309. The number of hydrogen-bond donors (Lipinski definition) is 2. The fourth-order valence-corrected chi connectivity index (χ4v) is 4.87. The third-order valence-corrected chi connectivity index (χ3v) is 6.10. The van der Waals surface area contributed by atoms with Crippen molar-refractivity contribution in [2.24, 2.45) is 0 Å². The van der Waals surface area contributed by atoms with Crippen LogP contribution in [0.4, 0.5) is 11.4 Å². The predicted molar refractivity (Wildman–Crippen MR) is 109 cm³/mol. The van der Waals surface area contributed by atoms with Crippen molar-refractivity contribution < 1.29 is 13.2 Å². The van der Waals surface area contributed by atoms with Gasteiger partial charge < -0.3 is 10.1 Å². The molecule has 2 aromatic carbocycles. The first-order chi connectivity index (χ1) is 12.5. The van der Waals surface area contributed by atoms with Crippen LogP contribution in [-0.4, -0.2) is 21.6 Å². The molecule has 0 fully saturated rings. The maximum absolute atomic E-state index is 12.9. The molecule has 0 atom stereocenters. The van der Waals surface area contributed by atoms with Gasteiger partial charge in [-0.25, -0.2) is 8.42 Å². The van der Waals surface area contributed by atoms with Crippen LogP contribution < -0.4 is 14.8 Å². The third kappa shape index (κ3) is 4.51. The fraction of sp³-hybridized carbons (Fsp3) is 0.368. The van der Waals surface area contributed by atoms with E-state index in [1.165, 1.54) is 0 Å². The third-order valence-electron chi connectivity index (χ3n) is 4.24. The molecule has 0 aromatic heterocycles. The number of nitrogens with one attached hydrogen (secondary N) is 2. The van der Waals surface area contributed by atoms with E-state index in [4.69, 9.17) is 4.74 Å². The zero-order valence-electron chi connectivity index (χ0n) is 14.7. The predicted octanol–water partition coefficient (Wildman–Crippen LogP) is 4.79. The van der Waals surface area contributed by atoms with Crippen molar-refractivity contribution in [2.75, 3.05) is 23.2 Å². The summed E-state index contributed by atoms with van der Waals surface area (Å²) in [6, 6.07) is 10.6. The molecule has 1 aliphatic heterocycles. The van der Waals surface area contributed by atoms with E-state index in [9.17, 15) is 8.42 Å². The molecular weight excluding hydrogens is 416 g/mol. The van der Waals surface area contributed by atoms with Crippen LogP contribution in [0.3, 0.4) is 0 Å². The van der Waals surface area contributed by atoms with Crippen molar-refractivity contribution in [2.45, 2.75) is 37.5 Å². The van der Waals surface area contributed by atoms with Crippen LogP contribution in [-0.2, 0) is 16.4 Å². The Morgan fingerprint density at radius 2 is 2.00 bits per heavy atom. The molecular formula is C19H23BrN2O3S. The van der Waals surface area contributed by atoms with E-state index in [0.717, 1.165) is 48.0 Å². The first kappa shape index (κ1) is 19.0. The molecule has 0 bridgehead atoms. The van der Waals surface area contributed by atoms with Crippen LogP contribution >= 0.6 is 15.9 Å². The molecule has 2 aromatic rings. The van der Waals surface area contributed by atoms with Gasteiger partial charge >= 0.3 is 0 Å². The minimum absolute atomic E-state index is 0.268. The smallest absolute Gasteiger partial charge is 0.264 e. The monoisotopic (exact) mass is 438 g/mol. The lowest BCUT2D eigenvalue weighted by Gasteiger charge is -2.22. The second kappa shape index (κ2) is 8.31. The summed E-state index contributed by atoms with van der Waals surface area (Å²) in [5, 5.41) is 3.23. The van der Waals surface area contributed by atoms with Gasteiger partial charge in [-0.2, -0.15) is 0 Å². The summed E-state index contributed by atoms with van der Waals surface area (Å²) in [4.78, 5) is 0.268. The second-order valence-electron chi connectivity index (χ2n) is 6.30. The molecule has 1 aliphatic rings. The summed E-state index contributed by atoms with van der Waals surface area (Å²) in [6.07, 6.45) is 3.93. The summed E-state index contributed by atoms with van der Waals surface area (Å²) in [5.74, 6) is 0.739. The maximum atomic E-state index is 12.9. The Labute approximate surface area is 163 Å². The summed E-state index contributed by atoms with van der Waals surface area (Å²) < 4.78 is 34.9. The minimum atomic E-state index is -3.69. The van der Waals surface area contributed by atoms with Crippen LogP contribution in [0.1, 0.15) is 31.7 Å². The Bertz CT molecular complexity index is 867. The zero-order valence-corrected chi connectivity index (χ0v) is 17.1. The van der Waals surface area contributed by atoms with Gasteiger partial charge in [-0.05, 0) is 61.2 Å². The Balaban J connectivity index is 1.80. The van der Waals surface area contributed by atoms with Gasteiger partial charge in [-0.1, -0.05) is 29.3 Å². The summed E-state index contributed by atoms with van der Waals surface area (Å²) in [7, 11) is -3.69. The highest BCUT2D eigenvalue weighted by molar-refractivity contribution is 9.10. The first-order valence-corrected chi connectivity index (χ1v) is 11.1. The molecule has 1 heterocycles. The number of unbranched alkanes of at least 4 members (excludes halogenated alkanes) is 1. The fourth-order valence-electron chi connectivity index (χ4n) is 2.90. The van der Waals surface area contributed by atoms with E-state index in [-0.39, 0.29) is 4.90 Å². The second-order valence-corrected chi connectivity index (χ2v) is 8.87. The Kier molecular flexibility index (Phi) is 6.09. The highest BCUT2D eigenvalue weighted by atomic mass is 79.9. The number of ether oxygens (including phenoxy) is 1. The largest absolute Gasteiger partial charge is 0.494 e. The Morgan fingerprint density at radius 3 is 2.73 bits per heavy atom. The van der Waals surface area contributed by atoms with Crippen molar-refractivity contribution in [3.05, 3.63) is 46.4 Å². The van der Waals surface area contributed by atoms with Gasteiger partial charge in [0.15, 0.2) is 0 Å². The van der Waals surface area contributed by atoms with Crippen LogP contribution in [0.15, 0.2) is 45.8 Å². The van der Waals surface area contributed by atoms with Crippen LogP contribution in [0.5, 0.6) is 5.75 Å². The van der Waals surface area contributed by atoms with E-state index >= 15 is 0 Å². The van der Waals surface area contributed by atoms with Gasteiger partial charge in [0, 0.05) is 16.7 Å².